The molecule has 2 aromatic rings. The summed E-state index contributed by atoms with van der Waals surface area (Å²) in [5.74, 6) is -0.796. The van der Waals surface area contributed by atoms with Crippen LogP contribution in [-0.4, -0.2) is 5.91 Å². The van der Waals surface area contributed by atoms with Gasteiger partial charge in [0, 0.05) is 0 Å². The maximum absolute atomic E-state index is 12.9. The highest BCUT2D eigenvalue weighted by Crippen LogP contribution is 2.32. The van der Waals surface area contributed by atoms with Crippen molar-refractivity contribution in [1.82, 2.24) is 5.32 Å². The maximum atomic E-state index is 12.9. The van der Waals surface area contributed by atoms with Crippen molar-refractivity contribution in [1.29, 1.82) is 5.26 Å². The second-order valence-electron chi connectivity index (χ2n) is 4.97. The van der Waals surface area contributed by atoms with Gasteiger partial charge in [0.1, 0.15) is 0 Å². The minimum Gasteiger partial charge on any atom is -0.346 e. The van der Waals surface area contributed by atoms with Crippen molar-refractivity contribution in [2.75, 3.05) is 0 Å². The van der Waals surface area contributed by atoms with Gasteiger partial charge in [-0.25, -0.2) is 0 Å². The van der Waals surface area contributed by atoms with Crippen LogP contribution in [0.1, 0.15) is 40.0 Å². The molecule has 23 heavy (non-hydrogen) atoms. The number of halogens is 3. The summed E-state index contributed by atoms with van der Waals surface area (Å²) < 4.78 is 38.8. The van der Waals surface area contributed by atoms with Crippen molar-refractivity contribution in [2.45, 2.75) is 19.1 Å². The lowest BCUT2D eigenvalue weighted by Crippen LogP contribution is -2.28. The number of amides is 1. The highest BCUT2D eigenvalue weighted by Gasteiger charge is 2.35. The number of nitrogens with zero attached hydrogens (tertiary/aromatic N) is 1. The number of nitrogens with one attached hydrogen (secondary N) is 1. The molecule has 0 heterocycles. The summed E-state index contributed by atoms with van der Waals surface area (Å²) in [6.07, 6.45) is -4.59. The molecule has 2 rings (SSSR count). The smallest absolute Gasteiger partial charge is 0.346 e. The third kappa shape index (κ3) is 3.89. The first-order valence-corrected chi connectivity index (χ1v) is 6.80. The van der Waals surface area contributed by atoms with E-state index >= 15 is 0 Å². The van der Waals surface area contributed by atoms with Gasteiger partial charge < -0.3 is 5.32 Å². The van der Waals surface area contributed by atoms with E-state index in [4.69, 9.17) is 5.26 Å². The molecule has 0 saturated carbocycles. The van der Waals surface area contributed by atoms with E-state index in [1.54, 1.807) is 31.2 Å². The molecule has 1 atom stereocenters. The zero-order chi connectivity index (χ0) is 17.0. The molecule has 0 aliphatic rings. The second-order valence-corrected chi connectivity index (χ2v) is 4.97. The van der Waals surface area contributed by atoms with E-state index in [1.807, 2.05) is 6.07 Å². The minimum absolute atomic E-state index is 0.416. The van der Waals surface area contributed by atoms with Gasteiger partial charge in [-0.2, -0.15) is 18.4 Å². The van der Waals surface area contributed by atoms with Gasteiger partial charge in [-0.3, -0.25) is 4.79 Å². The predicted molar refractivity (Wildman–Crippen MR) is 78.5 cm³/mol. The molecule has 0 spiro atoms. The Balaban J connectivity index is 2.20. The van der Waals surface area contributed by atoms with Crippen molar-refractivity contribution in [3.63, 3.8) is 0 Å². The zero-order valence-electron chi connectivity index (χ0n) is 12.2. The molecule has 6 heteroatoms. The van der Waals surface area contributed by atoms with E-state index in [9.17, 15) is 18.0 Å². The largest absolute Gasteiger partial charge is 0.417 e. The minimum atomic E-state index is -4.59. The average molecular weight is 318 g/mol. The summed E-state index contributed by atoms with van der Waals surface area (Å²) >= 11 is 0. The van der Waals surface area contributed by atoms with Crippen LogP contribution in [0.15, 0.2) is 48.5 Å². The van der Waals surface area contributed by atoms with Crippen molar-refractivity contribution >= 4 is 5.91 Å². The number of nitriles is 1. The van der Waals surface area contributed by atoms with Gasteiger partial charge >= 0.3 is 6.18 Å². The van der Waals surface area contributed by atoms with Gasteiger partial charge in [-0.1, -0.05) is 24.3 Å². The highest BCUT2D eigenvalue weighted by molar-refractivity contribution is 5.96. The maximum Gasteiger partial charge on any atom is 0.417 e. The Kier molecular flexibility index (Phi) is 4.70. The van der Waals surface area contributed by atoms with Gasteiger partial charge in [-0.05, 0) is 36.8 Å². The van der Waals surface area contributed by atoms with Gasteiger partial charge in [0.2, 0.25) is 0 Å². The van der Waals surface area contributed by atoms with Crippen molar-refractivity contribution in [3.8, 4) is 6.07 Å². The van der Waals surface area contributed by atoms with E-state index in [-0.39, 0.29) is 0 Å². The summed E-state index contributed by atoms with van der Waals surface area (Å²) in [6.45, 7) is 1.66. The van der Waals surface area contributed by atoms with E-state index < -0.39 is 29.3 Å². The van der Waals surface area contributed by atoms with Crippen molar-refractivity contribution in [2.24, 2.45) is 0 Å². The number of hydrogen-bond acceptors (Lipinski definition) is 2. The van der Waals surface area contributed by atoms with Crippen LogP contribution in [0.5, 0.6) is 0 Å². The summed E-state index contributed by atoms with van der Waals surface area (Å²) in [4.78, 5) is 12.2. The molecule has 0 radical (unpaired) electrons. The van der Waals surface area contributed by atoms with Crippen LogP contribution in [-0.2, 0) is 6.18 Å². The van der Waals surface area contributed by atoms with Crippen LogP contribution in [0.25, 0.3) is 0 Å². The number of carbonyl (C=O) groups is 1. The van der Waals surface area contributed by atoms with Crippen molar-refractivity contribution < 1.29 is 18.0 Å². The molecule has 0 aromatic heterocycles. The normalized spacial score (nSPS) is 12.3. The topological polar surface area (TPSA) is 52.9 Å². The Bertz CT molecular complexity index is 746. The molecule has 0 aliphatic heterocycles. The van der Waals surface area contributed by atoms with E-state index in [2.05, 4.69) is 5.32 Å². The first-order chi connectivity index (χ1) is 10.8. The lowest BCUT2D eigenvalue weighted by atomic mass is 10.0. The third-order valence-electron chi connectivity index (χ3n) is 3.36. The Morgan fingerprint density at radius 3 is 2.30 bits per heavy atom. The fraction of sp³-hybridized carbons (Fsp3) is 0.176. The molecule has 118 valence electrons. The monoisotopic (exact) mass is 318 g/mol. The first kappa shape index (κ1) is 16.6. The molecule has 0 saturated heterocycles. The van der Waals surface area contributed by atoms with E-state index in [1.165, 1.54) is 12.1 Å². The SMILES string of the molecule is CC(NC(=O)c1ccccc1C(F)(F)F)c1ccc(C#N)cc1. The Morgan fingerprint density at radius 2 is 1.74 bits per heavy atom. The highest BCUT2D eigenvalue weighted by atomic mass is 19.4. The summed E-state index contributed by atoms with van der Waals surface area (Å²) in [6, 6.07) is 12.6. The van der Waals surface area contributed by atoms with Crippen molar-refractivity contribution in [3.05, 3.63) is 70.8 Å². The Labute approximate surface area is 131 Å². The molecule has 0 fully saturated rings. The summed E-state index contributed by atoms with van der Waals surface area (Å²) in [5.41, 5.74) is -0.221. The van der Waals surface area contributed by atoms with Gasteiger partial charge in [0.05, 0.1) is 28.8 Å². The number of alkyl halides is 3. The number of rotatable bonds is 3. The fourth-order valence-electron chi connectivity index (χ4n) is 2.13. The lowest BCUT2D eigenvalue weighted by molar-refractivity contribution is -0.137. The number of hydrogen-bond donors (Lipinski definition) is 1. The molecule has 1 N–H and O–H groups in total. The lowest BCUT2D eigenvalue weighted by Gasteiger charge is -2.17. The predicted octanol–water partition coefficient (Wildman–Crippen LogP) is 4.07. The average Bonchev–Trinajstić information content (AvgIpc) is 2.54. The van der Waals surface area contributed by atoms with E-state index in [0.717, 1.165) is 12.1 Å². The van der Waals surface area contributed by atoms with Crippen LogP contribution in [0, 0.1) is 11.3 Å². The standard InChI is InChI=1S/C17H13F3N2O/c1-11(13-8-6-12(10-21)7-9-13)22-16(23)14-4-2-3-5-15(14)17(18,19)20/h2-9,11H,1H3,(H,22,23). The molecule has 0 aliphatic carbocycles. The fourth-order valence-corrected chi connectivity index (χ4v) is 2.13. The molecule has 1 unspecified atom stereocenters. The van der Waals surface area contributed by atoms with Crippen LogP contribution in [0.2, 0.25) is 0 Å². The summed E-state index contributed by atoms with van der Waals surface area (Å²) in [7, 11) is 0. The Hall–Kier alpha value is -2.81. The van der Waals surface area contributed by atoms with Crippen LogP contribution < -0.4 is 5.32 Å². The summed E-state index contributed by atoms with van der Waals surface area (Å²) in [5, 5.41) is 11.3. The number of carbonyl (C=O) groups excluding carboxylic acids is 1. The van der Waals surface area contributed by atoms with Crippen LogP contribution >= 0.6 is 0 Å². The quantitative estimate of drug-likeness (QED) is 0.927. The van der Waals surface area contributed by atoms with Gasteiger partial charge in [0.25, 0.3) is 5.91 Å². The molecule has 2 aromatic carbocycles. The second kappa shape index (κ2) is 6.53. The molecule has 0 bridgehead atoms. The third-order valence-corrected chi connectivity index (χ3v) is 3.36. The van der Waals surface area contributed by atoms with Crippen LogP contribution in [0.3, 0.4) is 0 Å². The zero-order valence-corrected chi connectivity index (χ0v) is 12.2. The molecular formula is C17H13F3N2O. The van der Waals surface area contributed by atoms with Crippen LogP contribution in [0.4, 0.5) is 13.2 Å². The number of benzene rings is 2. The Morgan fingerprint density at radius 1 is 1.13 bits per heavy atom. The molecule has 1 amide bonds. The molecule has 3 nitrogen and oxygen atoms in total. The molecular weight excluding hydrogens is 305 g/mol. The van der Waals surface area contributed by atoms with Gasteiger partial charge in [-0.15, -0.1) is 0 Å². The first-order valence-electron chi connectivity index (χ1n) is 6.80. The van der Waals surface area contributed by atoms with Gasteiger partial charge in [0.15, 0.2) is 0 Å². The van der Waals surface area contributed by atoms with E-state index in [0.29, 0.717) is 11.1 Å².